The Labute approximate surface area is 202 Å². The molecule has 0 fully saturated rings. The van der Waals surface area contributed by atoms with Crippen molar-refractivity contribution >= 4 is 51.9 Å². The lowest BCUT2D eigenvalue weighted by molar-refractivity contribution is -0.113. The first-order valence-corrected chi connectivity index (χ1v) is 12.3. The van der Waals surface area contributed by atoms with Gasteiger partial charge in [0.05, 0.1) is 15.8 Å². The van der Waals surface area contributed by atoms with Gasteiger partial charge in [-0.3, -0.25) is 14.2 Å². The summed E-state index contributed by atoms with van der Waals surface area (Å²) in [6.45, 7) is 1.82. The molecule has 2 aromatic heterocycles. The minimum atomic E-state index is -0.544. The van der Waals surface area contributed by atoms with Crippen LogP contribution in [0.25, 0.3) is 6.08 Å². The van der Waals surface area contributed by atoms with Gasteiger partial charge in [-0.25, -0.2) is 4.99 Å². The number of allylic oxidation sites excluding steroid dienone is 1. The van der Waals surface area contributed by atoms with Crippen molar-refractivity contribution in [2.24, 2.45) is 4.99 Å². The molecule has 5 rings (SSSR count). The lowest BCUT2D eigenvalue weighted by atomic mass is 10.0. The summed E-state index contributed by atoms with van der Waals surface area (Å²) in [6.07, 6.45) is 1.83. The Bertz CT molecular complexity index is 1530. The molecule has 0 unspecified atom stereocenters. The molecule has 33 heavy (non-hydrogen) atoms. The van der Waals surface area contributed by atoms with E-state index in [1.165, 1.54) is 22.7 Å². The van der Waals surface area contributed by atoms with Crippen molar-refractivity contribution in [1.82, 2.24) is 4.57 Å². The van der Waals surface area contributed by atoms with Crippen molar-refractivity contribution in [1.29, 1.82) is 0 Å². The van der Waals surface area contributed by atoms with Crippen LogP contribution in [0.3, 0.4) is 0 Å². The summed E-state index contributed by atoms with van der Waals surface area (Å²) in [6, 6.07) is 19.9. The van der Waals surface area contributed by atoms with Crippen LogP contribution in [0, 0.1) is 0 Å². The summed E-state index contributed by atoms with van der Waals surface area (Å²) in [5, 5.41) is 5.53. The second-order valence-electron chi connectivity index (χ2n) is 7.47. The molecule has 0 saturated heterocycles. The first-order valence-electron chi connectivity index (χ1n) is 10.2. The van der Waals surface area contributed by atoms with Crippen molar-refractivity contribution in [3.8, 4) is 0 Å². The molecular weight excluding hydrogens is 474 g/mol. The van der Waals surface area contributed by atoms with Gasteiger partial charge in [0, 0.05) is 15.6 Å². The molecule has 1 atom stereocenters. The number of carbonyl (C=O) groups excluding carboxylic acids is 1. The molecular formula is C25H18ClN3O2S2. The van der Waals surface area contributed by atoms with E-state index in [1.54, 1.807) is 16.7 Å². The second kappa shape index (κ2) is 8.94. The van der Waals surface area contributed by atoms with E-state index in [4.69, 9.17) is 11.6 Å². The quantitative estimate of drug-likeness (QED) is 0.454. The molecule has 4 aromatic rings. The van der Waals surface area contributed by atoms with Gasteiger partial charge in [0.1, 0.15) is 6.04 Å². The number of halogens is 1. The predicted octanol–water partition coefficient (Wildman–Crippen LogP) is 4.59. The SMILES string of the molecule is CC1=C(C(=O)Nc2ccccc2)[C@@H](c2cccs2)n2c(s/c(=C/c3ccc(Cl)cc3)c2=O)=N1. The summed E-state index contributed by atoms with van der Waals surface area (Å²) in [5.74, 6) is -0.271. The highest BCUT2D eigenvalue weighted by atomic mass is 35.5. The van der Waals surface area contributed by atoms with Gasteiger partial charge in [-0.1, -0.05) is 59.3 Å². The van der Waals surface area contributed by atoms with Gasteiger partial charge in [0.2, 0.25) is 0 Å². The lowest BCUT2D eigenvalue weighted by Gasteiger charge is -2.24. The number of aromatic nitrogens is 1. The number of benzene rings is 2. The van der Waals surface area contributed by atoms with Crippen LogP contribution in [-0.2, 0) is 4.79 Å². The molecule has 0 bridgehead atoms. The van der Waals surface area contributed by atoms with E-state index in [0.717, 1.165) is 10.4 Å². The van der Waals surface area contributed by atoms with Gasteiger partial charge in [-0.05, 0) is 54.3 Å². The zero-order chi connectivity index (χ0) is 22.9. The molecule has 1 N–H and O–H groups in total. The van der Waals surface area contributed by atoms with Crippen LogP contribution in [0.5, 0.6) is 0 Å². The van der Waals surface area contributed by atoms with Gasteiger partial charge in [0.15, 0.2) is 4.80 Å². The van der Waals surface area contributed by atoms with E-state index in [2.05, 4.69) is 10.3 Å². The highest BCUT2D eigenvalue weighted by Crippen LogP contribution is 2.33. The van der Waals surface area contributed by atoms with Gasteiger partial charge in [-0.15, -0.1) is 11.3 Å². The maximum Gasteiger partial charge on any atom is 0.271 e. The monoisotopic (exact) mass is 491 g/mol. The lowest BCUT2D eigenvalue weighted by Crippen LogP contribution is -2.40. The third-order valence-electron chi connectivity index (χ3n) is 5.28. The molecule has 5 nitrogen and oxygen atoms in total. The molecule has 0 aliphatic carbocycles. The summed E-state index contributed by atoms with van der Waals surface area (Å²) in [7, 11) is 0. The first kappa shape index (κ1) is 21.6. The van der Waals surface area contributed by atoms with Crippen LogP contribution < -0.4 is 20.2 Å². The fourth-order valence-electron chi connectivity index (χ4n) is 3.76. The van der Waals surface area contributed by atoms with Crippen molar-refractivity contribution < 1.29 is 4.79 Å². The summed E-state index contributed by atoms with van der Waals surface area (Å²) >= 11 is 8.82. The van der Waals surface area contributed by atoms with Crippen LogP contribution in [-0.4, -0.2) is 10.5 Å². The topological polar surface area (TPSA) is 63.5 Å². The Balaban J connectivity index is 1.65. The Kier molecular flexibility index (Phi) is 5.85. The van der Waals surface area contributed by atoms with Crippen LogP contribution in [0.1, 0.15) is 23.4 Å². The first-order chi connectivity index (χ1) is 16.0. The fourth-order valence-corrected chi connectivity index (χ4v) is 5.75. The second-order valence-corrected chi connectivity index (χ2v) is 9.89. The predicted molar refractivity (Wildman–Crippen MR) is 135 cm³/mol. The molecule has 3 heterocycles. The minimum Gasteiger partial charge on any atom is -0.322 e. The molecule has 8 heteroatoms. The van der Waals surface area contributed by atoms with Crippen LogP contribution in [0.4, 0.5) is 5.69 Å². The van der Waals surface area contributed by atoms with E-state index < -0.39 is 6.04 Å². The number of hydrogen-bond donors (Lipinski definition) is 1. The smallest absolute Gasteiger partial charge is 0.271 e. The number of amides is 1. The Hall–Kier alpha value is -3.26. The Morgan fingerprint density at radius 1 is 1.09 bits per heavy atom. The molecule has 164 valence electrons. The number of anilines is 1. The summed E-state index contributed by atoms with van der Waals surface area (Å²) in [4.78, 5) is 33.0. The Morgan fingerprint density at radius 3 is 2.55 bits per heavy atom. The minimum absolute atomic E-state index is 0.176. The van der Waals surface area contributed by atoms with E-state index in [-0.39, 0.29) is 11.5 Å². The number of hydrogen-bond acceptors (Lipinski definition) is 5. The van der Waals surface area contributed by atoms with Crippen LogP contribution in [0.15, 0.2) is 93.2 Å². The third kappa shape index (κ3) is 4.23. The zero-order valence-electron chi connectivity index (χ0n) is 17.5. The van der Waals surface area contributed by atoms with E-state index >= 15 is 0 Å². The van der Waals surface area contributed by atoms with E-state index in [0.29, 0.717) is 31.3 Å². The largest absolute Gasteiger partial charge is 0.322 e. The number of carbonyl (C=O) groups is 1. The van der Waals surface area contributed by atoms with Gasteiger partial charge >= 0.3 is 0 Å². The highest BCUT2D eigenvalue weighted by molar-refractivity contribution is 7.10. The average molecular weight is 492 g/mol. The number of rotatable bonds is 4. The van der Waals surface area contributed by atoms with E-state index in [1.807, 2.05) is 73.0 Å². The molecule has 0 saturated carbocycles. The van der Waals surface area contributed by atoms with Crippen molar-refractivity contribution in [2.75, 3.05) is 5.32 Å². The van der Waals surface area contributed by atoms with Gasteiger partial charge in [0.25, 0.3) is 11.5 Å². The van der Waals surface area contributed by atoms with Gasteiger partial charge in [-0.2, -0.15) is 0 Å². The van der Waals surface area contributed by atoms with Crippen LogP contribution in [0.2, 0.25) is 5.02 Å². The van der Waals surface area contributed by atoms with E-state index in [9.17, 15) is 9.59 Å². The third-order valence-corrected chi connectivity index (χ3v) is 7.44. The zero-order valence-corrected chi connectivity index (χ0v) is 19.9. The fraction of sp³-hybridized carbons (Fsp3) is 0.0800. The van der Waals surface area contributed by atoms with Crippen molar-refractivity contribution in [2.45, 2.75) is 13.0 Å². The normalized spacial score (nSPS) is 15.8. The molecule has 0 spiro atoms. The van der Waals surface area contributed by atoms with Crippen molar-refractivity contribution in [3.63, 3.8) is 0 Å². The molecule has 1 aliphatic heterocycles. The van der Waals surface area contributed by atoms with Gasteiger partial charge < -0.3 is 5.32 Å². The molecule has 0 radical (unpaired) electrons. The highest BCUT2D eigenvalue weighted by Gasteiger charge is 2.33. The van der Waals surface area contributed by atoms with Crippen molar-refractivity contribution in [3.05, 3.63) is 119 Å². The standard InChI is InChI=1S/C25H18ClN3O2S2/c1-15-21(23(30)28-18-6-3-2-4-7-18)22(19-8-5-13-32-19)29-24(31)20(33-25(29)27-15)14-16-9-11-17(26)12-10-16/h2-14,22H,1H3,(H,28,30)/b20-14+/t22-/m1/s1. The molecule has 1 aliphatic rings. The number of thiazole rings is 1. The summed E-state index contributed by atoms with van der Waals surface area (Å²) < 4.78 is 2.18. The number of nitrogens with zero attached hydrogens (tertiary/aromatic N) is 2. The summed E-state index contributed by atoms with van der Waals surface area (Å²) in [5.41, 5.74) is 2.44. The Morgan fingerprint density at radius 2 is 1.85 bits per heavy atom. The maximum absolute atomic E-state index is 13.5. The number of thiophene rings is 1. The maximum atomic E-state index is 13.5. The average Bonchev–Trinajstić information content (AvgIpc) is 3.44. The number of fused-ring (bicyclic) bond motifs is 1. The molecule has 1 amide bonds. The molecule has 2 aromatic carbocycles. The number of para-hydroxylation sites is 1. The number of nitrogens with one attached hydrogen (secondary N) is 1. The van der Waals surface area contributed by atoms with Crippen LogP contribution >= 0.6 is 34.3 Å².